The number of carbonyl (C=O) groups is 2. The van der Waals surface area contributed by atoms with E-state index in [-0.39, 0.29) is 6.42 Å². The average Bonchev–Trinajstić information content (AvgIpc) is 3.10. The molecule has 8 nitrogen and oxygen atoms in total. The van der Waals surface area contributed by atoms with Crippen LogP contribution in [0.1, 0.15) is 30.7 Å². The molecule has 1 aromatic heterocycles. The van der Waals surface area contributed by atoms with Crippen molar-refractivity contribution in [1.82, 2.24) is 4.57 Å². The molecule has 0 bridgehead atoms. The van der Waals surface area contributed by atoms with Crippen LogP contribution in [-0.2, 0) is 36.0 Å². The first kappa shape index (κ1) is 25.8. The number of nitrogens with zero attached hydrogens (tertiary/aromatic N) is 1. The first-order chi connectivity index (χ1) is 16.5. The fourth-order valence-corrected chi connectivity index (χ4v) is 4.46. The predicted octanol–water partition coefficient (Wildman–Crippen LogP) is 5.00. The van der Waals surface area contributed by atoms with Crippen LogP contribution in [0.5, 0.6) is 11.5 Å². The summed E-state index contributed by atoms with van der Waals surface area (Å²) in [6, 6.07) is 12.7. The maximum absolute atomic E-state index is 12.7. The molecule has 0 aliphatic carbocycles. The van der Waals surface area contributed by atoms with Gasteiger partial charge in [-0.05, 0) is 68.7 Å². The van der Waals surface area contributed by atoms with Crippen molar-refractivity contribution in [2.24, 2.45) is 0 Å². The molecule has 3 aromatic rings. The van der Waals surface area contributed by atoms with Crippen LogP contribution in [0, 0.1) is 6.92 Å². The number of rotatable bonds is 13. The van der Waals surface area contributed by atoms with E-state index in [0.717, 1.165) is 28.4 Å². The zero-order valence-corrected chi connectivity index (χ0v) is 20.8. The standard InChI is InChI=1S/C25H30NO7P/c1-5-30-34(31-6-2)32-14-13-19-7-9-20(10-8-19)33-25(28)16-22-18(3)26(17-27)24-12-11-21(29-4)15-23(22)24/h7-12,15,17H,5-6,13-14,16H2,1-4H3. The quantitative estimate of drug-likeness (QED) is 0.145. The SMILES string of the molecule is CCOP(OCC)OCCc1ccc(OC(=O)Cc2c(C)n(C=O)c3ccc(OC)cc23)cc1. The molecule has 34 heavy (non-hydrogen) atoms. The van der Waals surface area contributed by atoms with Crippen LogP contribution in [0.25, 0.3) is 10.9 Å². The Labute approximate surface area is 200 Å². The van der Waals surface area contributed by atoms with Crippen LogP contribution in [0.4, 0.5) is 0 Å². The maximum atomic E-state index is 12.7. The monoisotopic (exact) mass is 487 g/mol. The molecule has 2 aromatic carbocycles. The summed E-state index contributed by atoms with van der Waals surface area (Å²) in [5.41, 5.74) is 3.20. The van der Waals surface area contributed by atoms with Crippen LogP contribution in [0.2, 0.25) is 0 Å². The van der Waals surface area contributed by atoms with Crippen LogP contribution in [0.3, 0.4) is 0 Å². The molecule has 0 atom stereocenters. The summed E-state index contributed by atoms with van der Waals surface area (Å²) >= 11 is 0. The van der Waals surface area contributed by atoms with Gasteiger partial charge in [0.05, 0.1) is 38.9 Å². The highest BCUT2D eigenvalue weighted by molar-refractivity contribution is 7.41. The third kappa shape index (κ3) is 6.42. The second-order valence-electron chi connectivity index (χ2n) is 7.36. The van der Waals surface area contributed by atoms with Crippen molar-refractivity contribution in [2.45, 2.75) is 33.6 Å². The van der Waals surface area contributed by atoms with Crippen LogP contribution < -0.4 is 9.47 Å². The molecule has 0 aliphatic heterocycles. The number of ether oxygens (including phenoxy) is 2. The molecule has 3 rings (SSSR count). The average molecular weight is 487 g/mol. The lowest BCUT2D eigenvalue weighted by atomic mass is 10.1. The van der Waals surface area contributed by atoms with E-state index in [1.807, 2.05) is 39.0 Å². The highest BCUT2D eigenvalue weighted by Crippen LogP contribution is 2.39. The van der Waals surface area contributed by atoms with Crippen molar-refractivity contribution in [3.63, 3.8) is 0 Å². The number of hydrogen-bond donors (Lipinski definition) is 0. The van der Waals surface area contributed by atoms with Gasteiger partial charge in [-0.25, -0.2) is 0 Å². The highest BCUT2D eigenvalue weighted by atomic mass is 31.2. The van der Waals surface area contributed by atoms with Crippen molar-refractivity contribution in [1.29, 1.82) is 0 Å². The number of esters is 1. The van der Waals surface area contributed by atoms with Crippen LogP contribution >= 0.6 is 8.60 Å². The number of hydrogen-bond acceptors (Lipinski definition) is 7. The lowest BCUT2D eigenvalue weighted by Crippen LogP contribution is -2.12. The number of carbonyl (C=O) groups excluding carboxylic acids is 2. The van der Waals surface area contributed by atoms with E-state index < -0.39 is 14.6 Å². The van der Waals surface area contributed by atoms with Crippen LogP contribution in [0.15, 0.2) is 42.5 Å². The molecular weight excluding hydrogens is 457 g/mol. The smallest absolute Gasteiger partial charge is 0.332 e. The zero-order valence-electron chi connectivity index (χ0n) is 19.9. The molecule has 1 heterocycles. The van der Waals surface area contributed by atoms with Gasteiger partial charge in [0.25, 0.3) is 0 Å². The fraction of sp³-hybridized carbons (Fsp3) is 0.360. The molecule has 0 aliphatic rings. The van der Waals surface area contributed by atoms with Crippen molar-refractivity contribution in [3.8, 4) is 11.5 Å². The summed E-state index contributed by atoms with van der Waals surface area (Å²) in [5, 5.41) is 0.787. The maximum Gasteiger partial charge on any atom is 0.332 e. The van der Waals surface area contributed by atoms with E-state index in [1.165, 1.54) is 4.57 Å². The molecule has 0 N–H and O–H groups in total. The minimum Gasteiger partial charge on any atom is -0.497 e. The predicted molar refractivity (Wildman–Crippen MR) is 131 cm³/mol. The molecule has 0 spiro atoms. The summed E-state index contributed by atoms with van der Waals surface area (Å²) in [4.78, 5) is 24.3. The largest absolute Gasteiger partial charge is 0.497 e. The minimum atomic E-state index is -1.32. The Hall–Kier alpha value is -2.77. The van der Waals surface area contributed by atoms with Gasteiger partial charge < -0.3 is 23.0 Å². The fourth-order valence-electron chi connectivity index (χ4n) is 3.57. The van der Waals surface area contributed by atoms with Crippen molar-refractivity contribution < 1.29 is 32.6 Å². The first-order valence-corrected chi connectivity index (χ1v) is 12.2. The molecule has 0 saturated carbocycles. The summed E-state index contributed by atoms with van der Waals surface area (Å²) in [6.45, 7) is 7.15. The molecule has 9 heteroatoms. The van der Waals surface area contributed by atoms with Gasteiger partial charge in [0.15, 0.2) is 0 Å². The highest BCUT2D eigenvalue weighted by Gasteiger charge is 2.18. The Morgan fingerprint density at radius 3 is 2.29 bits per heavy atom. The Kier molecular flexibility index (Phi) is 9.60. The third-order valence-electron chi connectivity index (χ3n) is 5.22. The van der Waals surface area contributed by atoms with Crippen molar-refractivity contribution in [2.75, 3.05) is 26.9 Å². The van der Waals surface area contributed by atoms with Gasteiger partial charge in [-0.3, -0.25) is 14.2 Å². The Balaban J connectivity index is 1.62. The summed E-state index contributed by atoms with van der Waals surface area (Å²) < 4.78 is 28.9. The summed E-state index contributed by atoms with van der Waals surface area (Å²) in [6.07, 6.45) is 1.46. The first-order valence-electron chi connectivity index (χ1n) is 11.1. The van der Waals surface area contributed by atoms with Gasteiger partial charge in [-0.15, -0.1) is 0 Å². The van der Waals surface area contributed by atoms with E-state index >= 15 is 0 Å². The second-order valence-corrected chi connectivity index (χ2v) is 8.58. The van der Waals surface area contributed by atoms with Gasteiger partial charge in [0, 0.05) is 11.1 Å². The van der Waals surface area contributed by atoms with E-state index in [9.17, 15) is 9.59 Å². The van der Waals surface area contributed by atoms with Crippen molar-refractivity contribution >= 4 is 31.9 Å². The normalized spacial score (nSPS) is 11.2. The minimum absolute atomic E-state index is 0.0321. The molecule has 0 fully saturated rings. The van der Waals surface area contributed by atoms with Gasteiger partial charge in [-0.1, -0.05) is 12.1 Å². The van der Waals surface area contributed by atoms with E-state index in [0.29, 0.717) is 43.4 Å². The zero-order chi connectivity index (χ0) is 24.5. The number of fused-ring (bicyclic) bond motifs is 1. The number of aromatic nitrogens is 1. The number of benzene rings is 2. The molecule has 182 valence electrons. The van der Waals surface area contributed by atoms with Gasteiger partial charge >= 0.3 is 14.6 Å². The number of methoxy groups -OCH3 is 1. The Morgan fingerprint density at radius 1 is 1.00 bits per heavy atom. The summed E-state index contributed by atoms with van der Waals surface area (Å²) in [5.74, 6) is 0.695. The van der Waals surface area contributed by atoms with E-state index in [1.54, 1.807) is 31.4 Å². The summed E-state index contributed by atoms with van der Waals surface area (Å²) in [7, 11) is 0.256. The molecule has 0 unspecified atom stereocenters. The molecule has 0 amide bonds. The molecule has 0 radical (unpaired) electrons. The van der Waals surface area contributed by atoms with Crippen LogP contribution in [-0.4, -0.2) is 43.9 Å². The van der Waals surface area contributed by atoms with E-state index in [4.69, 9.17) is 23.0 Å². The van der Waals surface area contributed by atoms with Gasteiger partial charge in [0.2, 0.25) is 6.41 Å². The lowest BCUT2D eigenvalue weighted by molar-refractivity contribution is -0.133. The van der Waals surface area contributed by atoms with Crippen molar-refractivity contribution in [3.05, 3.63) is 59.3 Å². The second kappa shape index (κ2) is 12.6. The van der Waals surface area contributed by atoms with E-state index in [2.05, 4.69) is 0 Å². The third-order valence-corrected chi connectivity index (χ3v) is 6.56. The molecule has 0 saturated heterocycles. The van der Waals surface area contributed by atoms with Gasteiger partial charge in [-0.2, -0.15) is 0 Å². The molecular formula is C25H30NO7P. The topological polar surface area (TPSA) is 85.2 Å². The van der Waals surface area contributed by atoms with Gasteiger partial charge in [0.1, 0.15) is 11.5 Å². The Morgan fingerprint density at radius 2 is 1.68 bits per heavy atom. The Bertz CT molecular complexity index is 1100. The lowest BCUT2D eigenvalue weighted by Gasteiger charge is -2.14.